The first kappa shape index (κ1) is 16.5. The van der Waals surface area contributed by atoms with E-state index in [4.69, 9.17) is 24.1 Å². The van der Waals surface area contributed by atoms with Gasteiger partial charge in [-0.25, -0.2) is 0 Å². The van der Waals surface area contributed by atoms with Crippen LogP contribution in [0.25, 0.3) is 0 Å². The third-order valence-corrected chi connectivity index (χ3v) is 4.21. The zero-order valence-corrected chi connectivity index (χ0v) is 11.5. The Labute approximate surface area is 125 Å². The monoisotopic (exact) mass is 325 g/mol. The molecule has 2 bridgehead atoms. The lowest BCUT2D eigenvalue weighted by Crippen LogP contribution is -2.62. The van der Waals surface area contributed by atoms with Crippen molar-refractivity contribution in [3.05, 3.63) is 0 Å². The molecule has 0 aromatic carbocycles. The van der Waals surface area contributed by atoms with Gasteiger partial charge in [0.2, 0.25) is 0 Å². The fourth-order valence-corrected chi connectivity index (χ4v) is 2.87. The minimum Gasteiger partial charge on any atom is -0.394 e. The third-order valence-electron chi connectivity index (χ3n) is 4.21. The van der Waals surface area contributed by atoms with Crippen LogP contribution >= 0.6 is 0 Å². The Balaban J connectivity index is 1.71. The zero-order valence-electron chi connectivity index (χ0n) is 11.5. The van der Waals surface area contributed by atoms with Gasteiger partial charge in [-0.1, -0.05) is 0 Å². The van der Waals surface area contributed by atoms with Crippen LogP contribution in [-0.4, -0.2) is 105 Å². The van der Waals surface area contributed by atoms with Gasteiger partial charge in [0, 0.05) is 0 Å². The first-order valence-corrected chi connectivity index (χ1v) is 7.03. The van der Waals surface area contributed by atoms with Crippen LogP contribution in [0.3, 0.4) is 0 Å². The Morgan fingerprint density at radius 1 is 0.864 bits per heavy atom. The van der Waals surface area contributed by atoms with Crippen molar-refractivity contribution in [3.63, 3.8) is 0 Å². The summed E-state index contributed by atoms with van der Waals surface area (Å²) in [4.78, 5) is 0. The highest BCUT2D eigenvalue weighted by Gasteiger charge is 2.53. The van der Waals surface area contributed by atoms with Crippen LogP contribution in [0.15, 0.2) is 0 Å². The Bertz CT molecular complexity index is 392. The first-order valence-electron chi connectivity index (χ1n) is 7.03. The molecule has 3 saturated heterocycles. The van der Waals surface area contributed by atoms with Gasteiger partial charge < -0.3 is 49.6 Å². The van der Waals surface area contributed by atoms with Gasteiger partial charge in [-0.05, 0) is 0 Å². The van der Waals surface area contributed by atoms with Crippen molar-refractivity contribution < 1.29 is 49.6 Å². The van der Waals surface area contributed by atoms with E-state index in [1.165, 1.54) is 0 Å². The van der Waals surface area contributed by atoms with Gasteiger partial charge in [-0.3, -0.25) is 0 Å². The molecule has 3 aliphatic heterocycles. The molecule has 128 valence electrons. The molecule has 3 heterocycles. The molecule has 10 nitrogen and oxygen atoms in total. The second-order valence-electron chi connectivity index (χ2n) is 5.66. The van der Waals surface area contributed by atoms with E-state index in [-0.39, 0.29) is 6.61 Å². The van der Waals surface area contributed by atoms with E-state index in [1.807, 2.05) is 0 Å². The van der Waals surface area contributed by atoms with Gasteiger partial charge in [0.05, 0.1) is 13.2 Å². The fourth-order valence-electron chi connectivity index (χ4n) is 2.87. The molecule has 0 aromatic rings. The van der Waals surface area contributed by atoms with E-state index >= 15 is 0 Å². The number of aliphatic hydroxyl groups is 6. The predicted octanol–water partition coefficient (Wildman–Crippen LogP) is -4.35. The number of hydrogen-bond donors (Lipinski definition) is 6. The maximum absolute atomic E-state index is 10.0. The van der Waals surface area contributed by atoms with Crippen molar-refractivity contribution in [2.24, 2.45) is 0 Å². The Kier molecular flexibility index (Phi) is 4.67. The molecule has 0 amide bonds. The third kappa shape index (κ3) is 2.65. The zero-order chi connectivity index (χ0) is 16.0. The van der Waals surface area contributed by atoms with Crippen LogP contribution in [0.5, 0.6) is 0 Å². The second kappa shape index (κ2) is 6.24. The minimum atomic E-state index is -1.60. The summed E-state index contributed by atoms with van der Waals surface area (Å²) < 4.78 is 21.1. The molecule has 3 rings (SSSR count). The van der Waals surface area contributed by atoms with Crippen molar-refractivity contribution in [3.8, 4) is 0 Å². The van der Waals surface area contributed by atoms with Crippen molar-refractivity contribution in [1.29, 1.82) is 0 Å². The highest BCUT2D eigenvalue weighted by molar-refractivity contribution is 4.96. The van der Waals surface area contributed by atoms with Crippen LogP contribution in [0.4, 0.5) is 0 Å². The molecular weight excluding hydrogens is 305 g/mol. The van der Waals surface area contributed by atoms with E-state index in [1.54, 1.807) is 0 Å². The van der Waals surface area contributed by atoms with Crippen molar-refractivity contribution in [1.82, 2.24) is 0 Å². The Hall–Kier alpha value is -0.400. The number of fused-ring (bicyclic) bond motifs is 2. The average molecular weight is 325 g/mol. The van der Waals surface area contributed by atoms with E-state index in [0.29, 0.717) is 0 Å². The van der Waals surface area contributed by atoms with Crippen LogP contribution in [0.1, 0.15) is 0 Å². The molecule has 0 saturated carbocycles. The fraction of sp³-hybridized carbons (Fsp3) is 1.00. The maximum atomic E-state index is 10.0. The largest absolute Gasteiger partial charge is 0.394 e. The Morgan fingerprint density at radius 3 is 2.27 bits per heavy atom. The van der Waals surface area contributed by atoms with Gasteiger partial charge in [0.1, 0.15) is 48.8 Å². The lowest BCUT2D eigenvalue weighted by molar-refractivity contribution is -0.337. The molecule has 10 heteroatoms. The number of rotatable bonds is 3. The molecule has 3 fully saturated rings. The summed E-state index contributed by atoms with van der Waals surface area (Å²) in [6.45, 7) is -0.507. The molecule has 0 aromatic heterocycles. The summed E-state index contributed by atoms with van der Waals surface area (Å²) in [5, 5.41) is 58.3. The highest BCUT2D eigenvalue weighted by atomic mass is 16.8. The summed E-state index contributed by atoms with van der Waals surface area (Å²) in [6.07, 6.45) is -12.5. The molecule has 0 unspecified atom stereocenters. The van der Waals surface area contributed by atoms with Crippen molar-refractivity contribution in [2.45, 2.75) is 61.4 Å². The van der Waals surface area contributed by atoms with E-state index in [2.05, 4.69) is 0 Å². The van der Waals surface area contributed by atoms with Crippen LogP contribution in [-0.2, 0) is 18.9 Å². The molecule has 0 spiro atoms. The first-order chi connectivity index (χ1) is 10.4. The lowest BCUT2D eigenvalue weighted by Gasteiger charge is -2.43. The number of aliphatic hydroxyl groups excluding tert-OH is 6. The summed E-state index contributed by atoms with van der Waals surface area (Å²) in [6, 6.07) is 0. The van der Waals surface area contributed by atoms with Crippen molar-refractivity contribution >= 4 is 0 Å². The van der Waals surface area contributed by atoms with E-state index < -0.39 is 68.0 Å². The average Bonchev–Trinajstić information content (AvgIpc) is 2.96. The van der Waals surface area contributed by atoms with Gasteiger partial charge in [0.15, 0.2) is 12.6 Å². The molecular formula is C12H20O10. The molecule has 0 aliphatic carbocycles. The Morgan fingerprint density at radius 2 is 1.59 bits per heavy atom. The standard InChI is InChI=1S/C12H20O10/c13-1-3-5(14)6(15)8(17)12(20-3)22-10-4-2-19-11(21-4)9(18)7(10)16/h3-18H,1-2H2/t3-,4-,5-,6+,7-,8-,9-,10-,11-,12+/m1/s1/i12+1. The van der Waals surface area contributed by atoms with Crippen molar-refractivity contribution in [2.75, 3.05) is 13.2 Å². The summed E-state index contributed by atoms with van der Waals surface area (Å²) >= 11 is 0. The van der Waals surface area contributed by atoms with Crippen LogP contribution < -0.4 is 0 Å². The number of ether oxygens (including phenoxy) is 4. The molecule has 3 aliphatic rings. The molecule has 6 N–H and O–H groups in total. The van der Waals surface area contributed by atoms with Gasteiger partial charge in [-0.2, -0.15) is 0 Å². The number of hydrogen-bond acceptors (Lipinski definition) is 10. The smallest absolute Gasteiger partial charge is 0.187 e. The summed E-state index contributed by atoms with van der Waals surface area (Å²) in [7, 11) is 0. The second-order valence-corrected chi connectivity index (χ2v) is 5.66. The quantitative estimate of drug-likeness (QED) is 0.280. The molecule has 10 atom stereocenters. The minimum absolute atomic E-state index is 0.0842. The topological polar surface area (TPSA) is 158 Å². The van der Waals surface area contributed by atoms with Gasteiger partial charge in [-0.15, -0.1) is 0 Å². The normalized spacial score (nSPS) is 55.4. The lowest BCUT2D eigenvalue weighted by atomic mass is 10.0. The SMILES string of the molecule is OC[C@H]1O[13C@@H](O[C@H]2[C@H](O)[C@@H](O)[C@@H]3OC[C@H]2O3)[C@H](O)[C@@H](O)[C@@H]1O. The maximum Gasteiger partial charge on any atom is 0.187 e. The van der Waals surface area contributed by atoms with Gasteiger partial charge >= 0.3 is 0 Å². The predicted molar refractivity (Wildman–Crippen MR) is 65.3 cm³/mol. The van der Waals surface area contributed by atoms with Crippen LogP contribution in [0.2, 0.25) is 0 Å². The molecule has 22 heavy (non-hydrogen) atoms. The highest BCUT2D eigenvalue weighted by Crippen LogP contribution is 2.32. The summed E-state index contributed by atoms with van der Waals surface area (Å²) in [5.41, 5.74) is 0. The summed E-state index contributed by atoms with van der Waals surface area (Å²) in [5.74, 6) is 0. The molecule has 0 radical (unpaired) electrons. The van der Waals surface area contributed by atoms with E-state index in [9.17, 15) is 25.5 Å². The van der Waals surface area contributed by atoms with E-state index in [0.717, 1.165) is 0 Å². The van der Waals surface area contributed by atoms with Crippen LogP contribution in [0, 0.1) is 0 Å². The van der Waals surface area contributed by atoms with Gasteiger partial charge in [0.25, 0.3) is 0 Å².